The molecule has 0 bridgehead atoms. The van der Waals surface area contributed by atoms with Crippen molar-refractivity contribution in [3.8, 4) is 0 Å². The zero-order valence-corrected chi connectivity index (χ0v) is 8.12. The first kappa shape index (κ1) is 17.8. The molecule has 2 atom stereocenters. The van der Waals surface area contributed by atoms with E-state index in [2.05, 4.69) is 6.92 Å². The quantitative estimate of drug-likeness (QED) is 0.559. The summed E-state index contributed by atoms with van der Waals surface area (Å²) in [5, 5.41) is 24.8. The third-order valence-electron chi connectivity index (χ3n) is 1.21. The molecule has 0 aliphatic rings. The normalized spacial score (nSPS) is 13.5. The summed E-state index contributed by atoms with van der Waals surface area (Å²) >= 11 is 0. The molecule has 4 nitrogen and oxygen atoms in total. The third-order valence-corrected chi connectivity index (χ3v) is 1.21. The molecule has 0 aliphatic heterocycles. The second kappa shape index (κ2) is 13.4. The van der Waals surface area contributed by atoms with E-state index in [4.69, 9.17) is 15.3 Å². The lowest BCUT2D eigenvalue weighted by Gasteiger charge is -2.03. The van der Waals surface area contributed by atoms with Gasteiger partial charge in [-0.2, -0.15) is 0 Å². The second-order valence-electron chi connectivity index (χ2n) is 2.56. The highest BCUT2D eigenvalue weighted by molar-refractivity contribution is 4.50. The summed E-state index contributed by atoms with van der Waals surface area (Å²) in [6, 6.07) is 0. The fourth-order valence-corrected chi connectivity index (χ4v) is 0.158. The van der Waals surface area contributed by atoms with E-state index in [1.54, 1.807) is 13.8 Å². The first-order valence-electron chi connectivity index (χ1n) is 4.03. The van der Waals surface area contributed by atoms with Crippen LogP contribution in [0.4, 0.5) is 0 Å². The van der Waals surface area contributed by atoms with Crippen LogP contribution in [0.15, 0.2) is 0 Å². The smallest absolute Gasteiger partial charge is 0.0768 e. The summed E-state index contributed by atoms with van der Waals surface area (Å²) in [4.78, 5) is 0. The lowest BCUT2D eigenvalue weighted by molar-refractivity contribution is 0.0438. The Morgan fingerprint density at radius 1 is 1.08 bits per heavy atom. The van der Waals surface area contributed by atoms with E-state index in [9.17, 15) is 0 Å². The number of rotatable bonds is 3. The molecule has 0 amide bonds. The van der Waals surface area contributed by atoms with Crippen molar-refractivity contribution < 1.29 is 20.8 Å². The van der Waals surface area contributed by atoms with E-state index >= 15 is 0 Å². The van der Waals surface area contributed by atoms with Gasteiger partial charge in [-0.25, -0.2) is 0 Å². The minimum atomic E-state index is -0.593. The van der Waals surface area contributed by atoms with Crippen LogP contribution in [0, 0.1) is 0 Å². The Morgan fingerprint density at radius 2 is 1.42 bits per heavy atom. The highest BCUT2D eigenvalue weighted by Crippen LogP contribution is 1.85. The molecule has 4 heteroatoms. The van der Waals surface area contributed by atoms with Gasteiger partial charge in [-0.3, -0.25) is 0 Å². The van der Waals surface area contributed by atoms with Gasteiger partial charge in [0.1, 0.15) is 0 Å². The lowest BCUT2D eigenvalue weighted by Crippen LogP contribution is -2.17. The van der Waals surface area contributed by atoms with E-state index < -0.39 is 12.2 Å². The molecule has 0 heterocycles. The Kier molecular flexibility index (Phi) is 19.9. The molecule has 78 valence electrons. The van der Waals surface area contributed by atoms with Crippen LogP contribution in [0.5, 0.6) is 0 Å². The average molecular weight is 182 g/mol. The van der Waals surface area contributed by atoms with Gasteiger partial charge in [-0.15, -0.1) is 0 Å². The van der Waals surface area contributed by atoms with Crippen molar-refractivity contribution in [3.63, 3.8) is 0 Å². The van der Waals surface area contributed by atoms with Crippen molar-refractivity contribution >= 4 is 0 Å². The number of aliphatic hydroxyl groups is 3. The van der Waals surface area contributed by atoms with Gasteiger partial charge in [0.05, 0.1) is 12.2 Å². The molecule has 0 aliphatic carbocycles. The van der Waals surface area contributed by atoms with E-state index in [-0.39, 0.29) is 5.48 Å². The second-order valence-corrected chi connectivity index (χ2v) is 2.56. The monoisotopic (exact) mass is 182 g/mol. The van der Waals surface area contributed by atoms with Crippen molar-refractivity contribution in [1.29, 1.82) is 0 Å². The number of hydrogen-bond donors (Lipinski definition) is 3. The molecule has 12 heavy (non-hydrogen) atoms. The van der Waals surface area contributed by atoms with Crippen LogP contribution in [0.25, 0.3) is 0 Å². The van der Waals surface area contributed by atoms with Crippen LogP contribution in [-0.2, 0) is 0 Å². The molecular formula is C8H22O4. The molecule has 0 fully saturated rings. The SMILES string of the molecule is CC(O)C(C)O.CCCCO.O. The van der Waals surface area contributed by atoms with Gasteiger partial charge in [-0.1, -0.05) is 13.3 Å². The van der Waals surface area contributed by atoms with Crippen LogP contribution in [0.3, 0.4) is 0 Å². The van der Waals surface area contributed by atoms with Gasteiger partial charge in [0.25, 0.3) is 0 Å². The first-order valence-corrected chi connectivity index (χ1v) is 4.03. The van der Waals surface area contributed by atoms with Crippen LogP contribution < -0.4 is 0 Å². The van der Waals surface area contributed by atoms with Crippen molar-refractivity contribution in [3.05, 3.63) is 0 Å². The molecule has 0 spiro atoms. The molecular weight excluding hydrogens is 160 g/mol. The maximum atomic E-state index is 8.38. The Labute approximate surface area is 74.2 Å². The summed E-state index contributed by atoms with van der Waals surface area (Å²) < 4.78 is 0. The van der Waals surface area contributed by atoms with Gasteiger partial charge in [0.15, 0.2) is 0 Å². The topological polar surface area (TPSA) is 92.2 Å². The van der Waals surface area contributed by atoms with Gasteiger partial charge < -0.3 is 20.8 Å². The standard InChI is InChI=1S/C4H10O2.C4H10O.H2O/c1-3(5)4(2)6;1-2-3-4-5;/h3-6H,1-2H3;5H,2-4H2,1H3;1H2. The summed E-state index contributed by atoms with van der Waals surface area (Å²) in [5.74, 6) is 0. The van der Waals surface area contributed by atoms with Crippen LogP contribution in [-0.4, -0.2) is 39.6 Å². The Balaban J connectivity index is -0.000000126. The average Bonchev–Trinajstić information content (AvgIpc) is 1.90. The molecule has 0 aromatic carbocycles. The fourth-order valence-electron chi connectivity index (χ4n) is 0.158. The predicted molar refractivity (Wildman–Crippen MR) is 49.0 cm³/mol. The number of aliphatic hydroxyl groups excluding tert-OH is 3. The van der Waals surface area contributed by atoms with E-state index in [1.807, 2.05) is 0 Å². The van der Waals surface area contributed by atoms with Crippen molar-refractivity contribution in [2.24, 2.45) is 0 Å². The molecule has 2 unspecified atom stereocenters. The summed E-state index contributed by atoms with van der Waals surface area (Å²) in [7, 11) is 0. The maximum Gasteiger partial charge on any atom is 0.0768 e. The highest BCUT2D eigenvalue weighted by Gasteiger charge is 1.99. The summed E-state index contributed by atoms with van der Waals surface area (Å²) in [6.45, 7) is 5.49. The number of unbranched alkanes of at least 4 members (excludes halogenated alkanes) is 1. The zero-order chi connectivity index (χ0) is 9.28. The van der Waals surface area contributed by atoms with Crippen molar-refractivity contribution in [2.45, 2.75) is 45.8 Å². The number of hydrogen-bond acceptors (Lipinski definition) is 3. The van der Waals surface area contributed by atoms with Gasteiger partial charge >= 0.3 is 0 Å². The fraction of sp³-hybridized carbons (Fsp3) is 1.00. The maximum absolute atomic E-state index is 8.38. The Hall–Kier alpha value is -0.160. The van der Waals surface area contributed by atoms with Gasteiger partial charge in [-0.05, 0) is 20.3 Å². The molecule has 0 radical (unpaired) electrons. The molecule has 0 saturated carbocycles. The van der Waals surface area contributed by atoms with Gasteiger partial charge in [0.2, 0.25) is 0 Å². The van der Waals surface area contributed by atoms with Crippen LogP contribution in [0.2, 0.25) is 0 Å². The van der Waals surface area contributed by atoms with Crippen molar-refractivity contribution in [2.75, 3.05) is 6.61 Å². The van der Waals surface area contributed by atoms with Gasteiger partial charge in [0, 0.05) is 6.61 Å². The largest absolute Gasteiger partial charge is 0.412 e. The van der Waals surface area contributed by atoms with E-state index in [0.29, 0.717) is 6.61 Å². The molecule has 0 aromatic heterocycles. The summed E-state index contributed by atoms with van der Waals surface area (Å²) in [5.41, 5.74) is 0. The highest BCUT2D eigenvalue weighted by atomic mass is 16.3. The lowest BCUT2D eigenvalue weighted by atomic mass is 10.3. The van der Waals surface area contributed by atoms with E-state index in [1.165, 1.54) is 0 Å². The summed E-state index contributed by atoms with van der Waals surface area (Å²) in [6.07, 6.45) is 0.853. The van der Waals surface area contributed by atoms with E-state index in [0.717, 1.165) is 12.8 Å². The Bertz CT molecular complexity index is 56.1. The predicted octanol–water partition coefficient (Wildman–Crippen LogP) is -0.298. The molecule has 0 aromatic rings. The first-order chi connectivity index (χ1) is 5.06. The molecule has 0 saturated heterocycles. The minimum absolute atomic E-state index is 0. The third kappa shape index (κ3) is 22.5. The van der Waals surface area contributed by atoms with Crippen LogP contribution >= 0.6 is 0 Å². The zero-order valence-electron chi connectivity index (χ0n) is 8.12. The Morgan fingerprint density at radius 3 is 1.42 bits per heavy atom. The molecule has 0 rings (SSSR count). The molecule has 5 N–H and O–H groups in total. The van der Waals surface area contributed by atoms with Crippen LogP contribution in [0.1, 0.15) is 33.6 Å². The van der Waals surface area contributed by atoms with Crippen molar-refractivity contribution in [1.82, 2.24) is 0 Å². The minimum Gasteiger partial charge on any atom is -0.412 e.